The average Bonchev–Trinajstić information content (AvgIpc) is 4.16. The highest BCUT2D eigenvalue weighted by molar-refractivity contribution is 9.10. The average molecular weight is 1150 g/mol. The van der Waals surface area contributed by atoms with Crippen LogP contribution in [0.1, 0.15) is 115 Å². The first kappa shape index (κ1) is 57.2. The van der Waals surface area contributed by atoms with Crippen molar-refractivity contribution in [2.24, 2.45) is 0 Å². The van der Waals surface area contributed by atoms with E-state index in [4.69, 9.17) is 18.7 Å². The summed E-state index contributed by atoms with van der Waals surface area (Å²) in [5.74, 6) is -3.98. The summed E-state index contributed by atoms with van der Waals surface area (Å²) in [7, 11) is 0. The van der Waals surface area contributed by atoms with Crippen molar-refractivity contribution in [2.75, 3.05) is 32.8 Å². The third kappa shape index (κ3) is 17.2. The second kappa shape index (κ2) is 26.3. The number of carbonyl (C=O) groups excluding carboxylic acids is 5. The zero-order chi connectivity index (χ0) is 51.9. The van der Waals surface area contributed by atoms with E-state index < -0.39 is 51.9 Å². The Morgan fingerprint density at radius 2 is 1.11 bits per heavy atom. The molecule has 9 rings (SSSR count). The van der Waals surface area contributed by atoms with Gasteiger partial charge in [0.1, 0.15) is 24.7 Å². The highest BCUT2D eigenvalue weighted by atomic mass is 79.9. The number of ether oxygens (including phenoxy) is 3. The lowest BCUT2D eigenvalue weighted by Gasteiger charge is -2.27. The summed E-state index contributed by atoms with van der Waals surface area (Å²) in [5, 5.41) is 19.6. The maximum absolute atomic E-state index is 14.3. The lowest BCUT2D eigenvalue weighted by atomic mass is 9.98. The first-order valence-electron chi connectivity index (χ1n) is 23.1. The first-order chi connectivity index (χ1) is 33.6. The minimum atomic E-state index is -4.25. The van der Waals surface area contributed by atoms with Crippen molar-refractivity contribution in [1.82, 2.24) is 29.9 Å². The van der Waals surface area contributed by atoms with Gasteiger partial charge in [-0.05, 0) is 83.3 Å². The number of carbonyl (C=O) groups is 5. The van der Waals surface area contributed by atoms with E-state index in [2.05, 4.69) is 24.3 Å². The van der Waals surface area contributed by atoms with Gasteiger partial charge in [-0.15, -0.1) is 0 Å². The topological polar surface area (TPSA) is 228 Å². The van der Waals surface area contributed by atoms with Crippen molar-refractivity contribution in [3.8, 4) is 0 Å². The van der Waals surface area contributed by atoms with Gasteiger partial charge >= 0.3 is 45.7 Å². The van der Waals surface area contributed by atoms with Crippen LogP contribution in [-0.4, -0.2) is 149 Å². The summed E-state index contributed by atoms with van der Waals surface area (Å²) < 4.78 is 100. The zero-order valence-corrected chi connectivity index (χ0v) is 41.8. The van der Waals surface area contributed by atoms with Crippen LogP contribution in [-0.2, 0) is 33.4 Å². The summed E-state index contributed by atoms with van der Waals surface area (Å²) in [6.07, 6.45) is 18.3. The van der Waals surface area contributed by atoms with Gasteiger partial charge in [-0.3, -0.25) is 5.21 Å². The Kier molecular flexibility index (Phi) is 21.2. The molecule has 2 aromatic rings. The predicted molar refractivity (Wildman–Crippen MR) is 241 cm³/mol. The maximum Gasteiger partial charge on any atom is 0.477 e. The SMILES string of the molecule is CCOC(=O)C(F)(F)Br.O=C(OC1CCCCC1)C(F)(F)Br.O=C1N2CC(c3ncco3)=CC(C2)N1O.O=C1N2CC(c3ncco3)=CC(C2)N1OC(F)(F)C(=O)OC1CCCCC1.OC1CCCCC1. The third-order valence-electron chi connectivity index (χ3n) is 11.7. The minimum Gasteiger partial charge on any atom is -0.461 e. The number of alkyl halides is 8. The molecule has 4 amide bonds. The van der Waals surface area contributed by atoms with Crippen LogP contribution in [0.15, 0.2) is 45.9 Å². The van der Waals surface area contributed by atoms with Gasteiger partial charge in [0.05, 0.1) is 50.3 Å². The molecule has 0 aromatic carbocycles. The quantitative estimate of drug-likeness (QED) is 0.0745. The molecule has 3 aliphatic carbocycles. The molecule has 2 N–H and O–H groups in total. The van der Waals surface area contributed by atoms with Crippen molar-refractivity contribution in [3.63, 3.8) is 0 Å². The number of hydrogen-bond acceptors (Lipinski definition) is 15. The van der Waals surface area contributed by atoms with Gasteiger partial charge in [0.2, 0.25) is 11.8 Å². The van der Waals surface area contributed by atoms with E-state index in [1.807, 2.05) is 37.9 Å². The van der Waals surface area contributed by atoms with Gasteiger partial charge in [-0.2, -0.15) is 41.3 Å². The molecule has 2 saturated heterocycles. The molecule has 5 fully saturated rings. The molecule has 0 radical (unpaired) electrons. The molecule has 71 heavy (non-hydrogen) atoms. The highest BCUT2D eigenvalue weighted by Crippen LogP contribution is 2.34. The number of aliphatic hydroxyl groups excluding tert-OH is 1. The molecule has 2 unspecified atom stereocenters. The molecule has 2 atom stereocenters. The number of rotatable bonds is 10. The van der Waals surface area contributed by atoms with E-state index in [1.165, 1.54) is 49.8 Å². The van der Waals surface area contributed by atoms with Crippen LogP contribution in [0.3, 0.4) is 0 Å². The molecular weight excluding hydrogens is 1090 g/mol. The molecule has 2 aromatic heterocycles. The van der Waals surface area contributed by atoms with Gasteiger partial charge in [0.15, 0.2) is 0 Å². The number of halogens is 8. The van der Waals surface area contributed by atoms with E-state index in [9.17, 15) is 55.5 Å². The Hall–Kier alpha value is -4.73. The van der Waals surface area contributed by atoms with Crippen molar-refractivity contribution in [1.29, 1.82) is 0 Å². The Labute approximate surface area is 421 Å². The molecule has 6 heterocycles. The standard InChI is InChI=1S/C17H19F2N3O5.C9H9N3O3.C8H11BrF2O2.C6H12O.C4H5BrF2O2/c18-17(19,15(23)26-13-4-2-1-3-5-13)27-22-12-8-11(14-20-6-7-25-14)9-21(10-12)16(22)24;13-9-11-4-6(8-10-1-2-15-8)3-7(5-11)12(9)14;9-8(10,11)7(12)13-6-4-2-1-3-5-6;7-6-4-2-1-3-5-6;1-2-9-3(8)4(5,6)7/h6-8,12-13H,1-5,9-10H2;1-3,7,14H,4-5H2;6H,1-5H2;6-7H,1-5H2;2H2,1H3. The number of fused-ring (bicyclic) bond motifs is 4. The van der Waals surface area contributed by atoms with Crippen LogP contribution in [0.25, 0.3) is 11.1 Å². The number of oxazole rings is 2. The smallest absolute Gasteiger partial charge is 0.461 e. The number of urea groups is 2. The lowest BCUT2D eigenvalue weighted by molar-refractivity contribution is -0.328. The normalized spacial score (nSPS) is 21.7. The molecule has 3 saturated carbocycles. The van der Waals surface area contributed by atoms with Gasteiger partial charge < -0.3 is 38.0 Å². The number of hydroxylamine groups is 4. The number of nitrogens with zero attached hydrogens (tertiary/aromatic N) is 6. The highest BCUT2D eigenvalue weighted by Gasteiger charge is 2.52. The predicted octanol–water partition coefficient (Wildman–Crippen LogP) is 8.84. The number of aromatic nitrogens is 2. The van der Waals surface area contributed by atoms with E-state index in [0.717, 1.165) is 62.0 Å². The summed E-state index contributed by atoms with van der Waals surface area (Å²) in [4.78, 5) is 64.8. The van der Waals surface area contributed by atoms with Crippen LogP contribution in [0.4, 0.5) is 35.9 Å². The lowest BCUT2D eigenvalue weighted by Crippen LogP contribution is -2.45. The van der Waals surface area contributed by atoms with Crippen molar-refractivity contribution >= 4 is 73.0 Å². The Bertz CT molecular complexity index is 2110. The number of aliphatic hydroxyl groups is 1. The van der Waals surface area contributed by atoms with Crippen LogP contribution in [0.2, 0.25) is 0 Å². The van der Waals surface area contributed by atoms with Crippen molar-refractivity contribution in [2.45, 2.75) is 149 Å². The summed E-state index contributed by atoms with van der Waals surface area (Å²) >= 11 is 3.80. The molecule has 4 aliphatic heterocycles. The van der Waals surface area contributed by atoms with Gasteiger partial charge in [-0.1, -0.05) is 32.1 Å². The van der Waals surface area contributed by atoms with Crippen LogP contribution < -0.4 is 0 Å². The van der Waals surface area contributed by atoms with Crippen LogP contribution >= 0.6 is 31.9 Å². The monoisotopic (exact) mass is 1150 g/mol. The summed E-state index contributed by atoms with van der Waals surface area (Å²) in [5.41, 5.74) is 1.42. The molecule has 27 heteroatoms. The fourth-order valence-electron chi connectivity index (χ4n) is 8.22. The minimum absolute atomic E-state index is 0.0359. The molecule has 19 nitrogen and oxygen atoms in total. The number of amides is 4. The Morgan fingerprint density at radius 3 is 1.51 bits per heavy atom. The first-order valence-corrected chi connectivity index (χ1v) is 24.7. The molecule has 4 bridgehead atoms. The summed E-state index contributed by atoms with van der Waals surface area (Å²) in [6, 6.07) is -2.17. The maximum atomic E-state index is 14.3. The molecule has 7 aliphatic rings. The van der Waals surface area contributed by atoms with E-state index in [0.29, 0.717) is 61.2 Å². The second-order valence-electron chi connectivity index (χ2n) is 17.1. The molecule has 396 valence electrons. The summed E-state index contributed by atoms with van der Waals surface area (Å²) in [6.45, 7) is 2.72. The van der Waals surface area contributed by atoms with E-state index in [-0.39, 0.29) is 44.0 Å². The van der Waals surface area contributed by atoms with E-state index in [1.54, 1.807) is 17.2 Å². The zero-order valence-electron chi connectivity index (χ0n) is 38.6. The number of esters is 3. The van der Waals surface area contributed by atoms with Crippen LogP contribution in [0, 0.1) is 0 Å². The van der Waals surface area contributed by atoms with Crippen molar-refractivity contribution < 1.29 is 88.5 Å². The Balaban J connectivity index is 0.000000181. The fraction of sp³-hybridized carbons (Fsp3) is 0.659. The second-order valence-corrected chi connectivity index (χ2v) is 19.1. The fourth-order valence-corrected chi connectivity index (χ4v) is 8.43. The largest absolute Gasteiger partial charge is 0.477 e. The van der Waals surface area contributed by atoms with Gasteiger partial charge in [-0.25, -0.2) is 33.9 Å². The molecule has 0 spiro atoms. The van der Waals surface area contributed by atoms with Gasteiger partial charge in [0.25, 0.3) is 0 Å². The third-order valence-corrected chi connectivity index (χ3v) is 12.3. The number of hydrogen-bond donors (Lipinski definition) is 2. The van der Waals surface area contributed by atoms with Crippen molar-refractivity contribution in [3.05, 3.63) is 48.9 Å². The van der Waals surface area contributed by atoms with Crippen LogP contribution in [0.5, 0.6) is 0 Å². The van der Waals surface area contributed by atoms with Gasteiger partial charge in [0, 0.05) is 56.1 Å². The molecular formula is C44H56Br2F6N6O13. The Morgan fingerprint density at radius 1 is 0.676 bits per heavy atom. The van der Waals surface area contributed by atoms with E-state index >= 15 is 0 Å².